The van der Waals surface area contributed by atoms with Gasteiger partial charge in [-0.15, -0.1) is 11.8 Å². The minimum atomic E-state index is -0.411. The minimum absolute atomic E-state index is 0.0759. The van der Waals surface area contributed by atoms with Gasteiger partial charge < -0.3 is 5.32 Å². The van der Waals surface area contributed by atoms with Crippen LogP contribution in [-0.4, -0.2) is 17.9 Å². The minimum Gasteiger partial charge on any atom is -0.315 e. The summed E-state index contributed by atoms with van der Waals surface area (Å²) in [6.07, 6.45) is 1.70. The Bertz CT molecular complexity index is 778. The molecular formula is C18H14N2O2S. The number of hydrogen-bond acceptors (Lipinski definition) is 4. The predicted octanol–water partition coefficient (Wildman–Crippen LogP) is 3.40. The van der Waals surface area contributed by atoms with Gasteiger partial charge in [0.25, 0.3) is 5.91 Å². The molecule has 23 heavy (non-hydrogen) atoms. The summed E-state index contributed by atoms with van der Waals surface area (Å²) >= 11 is 1.15. The SMILES string of the molecule is CSC(NC(=O)c1ccccc1)=C(C#N)C(=O)c1ccccc1. The molecule has 114 valence electrons. The maximum Gasteiger partial charge on any atom is 0.256 e. The van der Waals surface area contributed by atoms with E-state index in [-0.39, 0.29) is 16.5 Å². The van der Waals surface area contributed by atoms with Gasteiger partial charge in [0, 0.05) is 11.1 Å². The zero-order valence-electron chi connectivity index (χ0n) is 12.4. The average Bonchev–Trinajstić information content (AvgIpc) is 2.62. The van der Waals surface area contributed by atoms with Crippen molar-refractivity contribution >= 4 is 23.5 Å². The highest BCUT2D eigenvalue weighted by Crippen LogP contribution is 2.18. The lowest BCUT2D eigenvalue weighted by Gasteiger charge is -2.10. The molecule has 2 aromatic carbocycles. The lowest BCUT2D eigenvalue weighted by molar-refractivity contribution is 0.0968. The van der Waals surface area contributed by atoms with Crippen molar-refractivity contribution in [2.45, 2.75) is 0 Å². The second kappa shape index (κ2) is 7.97. The van der Waals surface area contributed by atoms with Crippen LogP contribution >= 0.6 is 11.8 Å². The fourth-order valence-corrected chi connectivity index (χ4v) is 2.46. The Morgan fingerprint density at radius 3 is 1.96 bits per heavy atom. The molecular weight excluding hydrogens is 308 g/mol. The van der Waals surface area contributed by atoms with Crippen LogP contribution < -0.4 is 5.32 Å². The topological polar surface area (TPSA) is 70.0 Å². The molecule has 0 spiro atoms. The van der Waals surface area contributed by atoms with Gasteiger partial charge in [0.2, 0.25) is 5.78 Å². The molecule has 0 aliphatic rings. The number of allylic oxidation sites excluding steroid dienone is 1. The maximum atomic E-state index is 12.4. The van der Waals surface area contributed by atoms with Crippen molar-refractivity contribution in [3.8, 4) is 6.07 Å². The first-order chi connectivity index (χ1) is 11.2. The first kappa shape index (κ1) is 16.5. The van der Waals surface area contributed by atoms with Crippen LogP contribution in [0.15, 0.2) is 71.3 Å². The number of carbonyl (C=O) groups excluding carboxylic acids is 2. The molecule has 0 unspecified atom stereocenters. The van der Waals surface area contributed by atoms with E-state index >= 15 is 0 Å². The lowest BCUT2D eigenvalue weighted by Crippen LogP contribution is -2.24. The van der Waals surface area contributed by atoms with E-state index in [4.69, 9.17) is 0 Å². The first-order valence-electron chi connectivity index (χ1n) is 6.82. The molecule has 0 aliphatic carbocycles. The Morgan fingerprint density at radius 1 is 0.957 bits per heavy atom. The molecule has 0 saturated carbocycles. The van der Waals surface area contributed by atoms with Crippen molar-refractivity contribution in [3.05, 3.63) is 82.4 Å². The number of thioether (sulfide) groups is 1. The van der Waals surface area contributed by atoms with Crippen LogP contribution in [0.2, 0.25) is 0 Å². The van der Waals surface area contributed by atoms with Crippen LogP contribution in [-0.2, 0) is 0 Å². The second-order valence-corrected chi connectivity index (χ2v) is 5.35. The van der Waals surface area contributed by atoms with Crippen molar-refractivity contribution in [1.29, 1.82) is 5.26 Å². The van der Waals surface area contributed by atoms with E-state index in [0.717, 1.165) is 11.8 Å². The number of Topliss-reactive ketones (excluding diaryl/α,β-unsaturated/α-hetero) is 1. The normalized spacial score (nSPS) is 11.1. The maximum absolute atomic E-state index is 12.4. The van der Waals surface area contributed by atoms with Crippen molar-refractivity contribution in [2.75, 3.05) is 6.26 Å². The van der Waals surface area contributed by atoms with Gasteiger partial charge in [-0.2, -0.15) is 5.26 Å². The standard InChI is InChI=1S/C18H14N2O2S/c1-23-18(20-17(22)14-10-6-3-7-11-14)15(12-19)16(21)13-8-4-2-5-9-13/h2-11H,1H3,(H,20,22). The molecule has 0 atom stereocenters. The number of nitriles is 1. The summed E-state index contributed by atoms with van der Waals surface area (Å²) in [4.78, 5) is 24.7. The van der Waals surface area contributed by atoms with Gasteiger partial charge in [0.15, 0.2) is 0 Å². The summed E-state index contributed by atoms with van der Waals surface area (Å²) in [5.74, 6) is -0.769. The number of hydrogen-bond donors (Lipinski definition) is 1. The van der Waals surface area contributed by atoms with Crippen molar-refractivity contribution in [1.82, 2.24) is 5.32 Å². The van der Waals surface area contributed by atoms with Gasteiger partial charge in [-0.25, -0.2) is 0 Å². The quantitative estimate of drug-likeness (QED) is 0.520. The third kappa shape index (κ3) is 4.09. The number of nitrogens with zero attached hydrogens (tertiary/aromatic N) is 1. The predicted molar refractivity (Wildman–Crippen MR) is 90.8 cm³/mol. The summed E-state index contributed by atoms with van der Waals surface area (Å²) in [5.41, 5.74) is 0.793. The van der Waals surface area contributed by atoms with Gasteiger partial charge in [-0.3, -0.25) is 9.59 Å². The van der Waals surface area contributed by atoms with Crippen LogP contribution in [0.5, 0.6) is 0 Å². The Balaban J connectivity index is 2.32. The number of nitrogens with one attached hydrogen (secondary N) is 1. The summed E-state index contributed by atoms with van der Waals surface area (Å²) in [6.45, 7) is 0. The third-order valence-electron chi connectivity index (χ3n) is 3.07. The van der Waals surface area contributed by atoms with Gasteiger partial charge in [-0.05, 0) is 18.4 Å². The number of amides is 1. The second-order valence-electron chi connectivity index (χ2n) is 4.54. The monoisotopic (exact) mass is 322 g/mol. The molecule has 0 fully saturated rings. The number of carbonyl (C=O) groups is 2. The summed E-state index contributed by atoms with van der Waals surface area (Å²) in [6, 6.07) is 19.0. The fourth-order valence-electron chi connectivity index (χ4n) is 1.92. The molecule has 1 N–H and O–H groups in total. The lowest BCUT2D eigenvalue weighted by atomic mass is 10.1. The number of benzene rings is 2. The Labute approximate surface area is 138 Å². The third-order valence-corrected chi connectivity index (χ3v) is 3.78. The molecule has 0 saturated heterocycles. The molecule has 2 rings (SSSR count). The molecule has 4 nitrogen and oxygen atoms in total. The molecule has 5 heteroatoms. The molecule has 2 aromatic rings. The van der Waals surface area contributed by atoms with Crippen LogP contribution in [0.25, 0.3) is 0 Å². The van der Waals surface area contributed by atoms with Crippen LogP contribution in [0, 0.1) is 11.3 Å². The number of ketones is 1. The van der Waals surface area contributed by atoms with Gasteiger partial charge >= 0.3 is 0 Å². The molecule has 0 bridgehead atoms. The molecule has 0 aliphatic heterocycles. The summed E-state index contributed by atoms with van der Waals surface area (Å²) in [7, 11) is 0. The summed E-state index contributed by atoms with van der Waals surface area (Å²) in [5, 5.41) is 12.2. The van der Waals surface area contributed by atoms with E-state index < -0.39 is 5.78 Å². The van der Waals surface area contributed by atoms with E-state index in [0.29, 0.717) is 11.1 Å². The number of rotatable bonds is 5. The smallest absolute Gasteiger partial charge is 0.256 e. The van der Waals surface area contributed by atoms with Crippen LogP contribution in [0.1, 0.15) is 20.7 Å². The molecule has 1 amide bonds. The zero-order chi connectivity index (χ0) is 16.7. The van der Waals surface area contributed by atoms with Crippen LogP contribution in [0.4, 0.5) is 0 Å². The van der Waals surface area contributed by atoms with Crippen molar-refractivity contribution in [2.24, 2.45) is 0 Å². The van der Waals surface area contributed by atoms with Crippen molar-refractivity contribution < 1.29 is 9.59 Å². The average molecular weight is 322 g/mol. The molecule has 0 aromatic heterocycles. The highest BCUT2D eigenvalue weighted by molar-refractivity contribution is 8.02. The first-order valence-corrected chi connectivity index (χ1v) is 8.04. The Morgan fingerprint density at radius 2 is 1.48 bits per heavy atom. The van der Waals surface area contributed by atoms with Gasteiger partial charge in [0.1, 0.15) is 11.6 Å². The van der Waals surface area contributed by atoms with E-state index in [1.807, 2.05) is 12.1 Å². The van der Waals surface area contributed by atoms with E-state index in [9.17, 15) is 14.9 Å². The highest BCUT2D eigenvalue weighted by Gasteiger charge is 2.19. The Kier molecular flexibility index (Phi) is 5.73. The van der Waals surface area contributed by atoms with E-state index in [1.165, 1.54) is 0 Å². The summed E-state index contributed by atoms with van der Waals surface area (Å²) < 4.78 is 0. The molecule has 0 heterocycles. The highest BCUT2D eigenvalue weighted by atomic mass is 32.2. The fraction of sp³-hybridized carbons (Fsp3) is 0.0556. The largest absolute Gasteiger partial charge is 0.315 e. The van der Waals surface area contributed by atoms with Crippen LogP contribution in [0.3, 0.4) is 0 Å². The van der Waals surface area contributed by atoms with E-state index in [2.05, 4.69) is 5.32 Å². The van der Waals surface area contributed by atoms with Gasteiger partial charge in [-0.1, -0.05) is 48.5 Å². The van der Waals surface area contributed by atoms with E-state index in [1.54, 1.807) is 60.9 Å². The molecule has 0 radical (unpaired) electrons. The Hall–Kier alpha value is -2.84. The van der Waals surface area contributed by atoms with Gasteiger partial charge in [0.05, 0.1) is 5.03 Å². The van der Waals surface area contributed by atoms with Crippen molar-refractivity contribution in [3.63, 3.8) is 0 Å². The zero-order valence-corrected chi connectivity index (χ0v) is 13.3.